The van der Waals surface area contributed by atoms with E-state index >= 15 is 0 Å². The van der Waals surface area contributed by atoms with Crippen LogP contribution in [0.15, 0.2) is 42.5 Å². The summed E-state index contributed by atoms with van der Waals surface area (Å²) in [6.45, 7) is 0.0235. The molecule has 1 atom stereocenters. The van der Waals surface area contributed by atoms with Gasteiger partial charge in [-0.1, -0.05) is 54.6 Å². The largest absolute Gasteiger partial charge is 0.484 e. The van der Waals surface area contributed by atoms with Crippen LogP contribution in [0.2, 0.25) is 10.0 Å². The molecule has 0 bridgehead atoms. The van der Waals surface area contributed by atoms with Crippen molar-refractivity contribution in [2.75, 3.05) is 6.61 Å². The maximum Gasteiger partial charge on any atom is 0.258 e. The Kier molecular flexibility index (Phi) is 9.56. The average molecular weight is 511 g/mol. The Hall–Kier alpha value is -2.35. The van der Waals surface area contributed by atoms with Gasteiger partial charge in [0.1, 0.15) is 11.6 Å². The molecule has 34 heavy (non-hydrogen) atoms. The normalized spacial score (nSPS) is 15.9. The van der Waals surface area contributed by atoms with Gasteiger partial charge < -0.3 is 20.5 Å². The predicted molar refractivity (Wildman–Crippen MR) is 129 cm³/mol. The average Bonchev–Trinajstić information content (AvgIpc) is 2.79. The van der Waals surface area contributed by atoms with E-state index in [1.54, 1.807) is 18.2 Å². The highest BCUT2D eigenvalue weighted by atomic mass is 35.5. The number of amides is 2. The lowest BCUT2D eigenvalue weighted by atomic mass is 9.77. The molecule has 1 saturated carbocycles. The first-order valence-corrected chi connectivity index (χ1v) is 12.1. The smallest absolute Gasteiger partial charge is 0.258 e. The van der Waals surface area contributed by atoms with Gasteiger partial charge in [-0.2, -0.15) is 0 Å². The van der Waals surface area contributed by atoms with Gasteiger partial charge in [-0.3, -0.25) is 9.59 Å². The van der Waals surface area contributed by atoms with Gasteiger partial charge in [0.05, 0.1) is 17.5 Å². The molecular weight excluding hydrogens is 482 g/mol. The second-order valence-corrected chi connectivity index (χ2v) is 9.57. The fraction of sp³-hybridized carbons (Fsp3) is 0.440. The molecule has 0 heterocycles. The van der Waals surface area contributed by atoms with Crippen molar-refractivity contribution in [1.82, 2.24) is 10.6 Å². The Balaban J connectivity index is 1.51. The molecule has 0 saturated heterocycles. The summed E-state index contributed by atoms with van der Waals surface area (Å²) < 4.78 is 19.0. The molecule has 1 aliphatic carbocycles. The number of benzene rings is 2. The van der Waals surface area contributed by atoms with E-state index in [0.717, 1.165) is 30.9 Å². The monoisotopic (exact) mass is 510 g/mol. The van der Waals surface area contributed by atoms with Crippen LogP contribution in [0.5, 0.6) is 5.75 Å². The third kappa shape index (κ3) is 8.15. The van der Waals surface area contributed by atoms with Crippen molar-refractivity contribution in [3.8, 4) is 5.75 Å². The minimum atomic E-state index is -0.913. The summed E-state index contributed by atoms with van der Waals surface area (Å²) in [5.41, 5.74) is 0.253. The van der Waals surface area contributed by atoms with Crippen LogP contribution in [0.4, 0.5) is 4.39 Å². The molecule has 0 radical (unpaired) electrons. The van der Waals surface area contributed by atoms with E-state index in [0.29, 0.717) is 24.4 Å². The number of halogens is 3. The summed E-state index contributed by atoms with van der Waals surface area (Å²) in [6, 6.07) is 11.2. The van der Waals surface area contributed by atoms with Gasteiger partial charge in [0.15, 0.2) is 6.61 Å². The lowest BCUT2D eigenvalue weighted by Gasteiger charge is -2.39. The van der Waals surface area contributed by atoms with E-state index in [4.69, 9.17) is 27.9 Å². The summed E-state index contributed by atoms with van der Waals surface area (Å²) in [5, 5.41) is 17.0. The van der Waals surface area contributed by atoms with Crippen molar-refractivity contribution in [2.24, 2.45) is 0 Å². The number of aliphatic hydroxyl groups excluding tert-OH is 1. The second kappa shape index (κ2) is 12.4. The third-order valence-corrected chi connectivity index (χ3v) is 6.44. The van der Waals surface area contributed by atoms with E-state index in [-0.39, 0.29) is 42.0 Å². The van der Waals surface area contributed by atoms with Gasteiger partial charge in [-0.15, -0.1) is 0 Å². The number of carbonyl (C=O) groups excluding carboxylic acids is 2. The van der Waals surface area contributed by atoms with Crippen LogP contribution >= 0.6 is 23.2 Å². The maximum atomic E-state index is 13.6. The van der Waals surface area contributed by atoms with E-state index in [9.17, 15) is 19.1 Å². The van der Waals surface area contributed by atoms with Crippen LogP contribution in [0.1, 0.15) is 50.5 Å². The molecule has 0 aromatic heterocycles. The van der Waals surface area contributed by atoms with Crippen LogP contribution in [-0.4, -0.2) is 35.2 Å². The molecule has 3 rings (SSSR count). The van der Waals surface area contributed by atoms with Crippen LogP contribution < -0.4 is 15.4 Å². The van der Waals surface area contributed by atoms with Gasteiger partial charge in [-0.25, -0.2) is 4.39 Å². The summed E-state index contributed by atoms with van der Waals surface area (Å²) in [5.74, 6) is -1.07. The van der Waals surface area contributed by atoms with E-state index in [1.807, 2.05) is 6.07 Å². The van der Waals surface area contributed by atoms with Gasteiger partial charge in [0.25, 0.3) is 5.91 Å². The standard InChI is InChI=1S/C25H29Cl2FN2O4/c26-18-6-4-5-17(11-18)15-29-23(32)12-19(31)14-25(9-2-1-3-10-25)30-24(33)16-34-20-7-8-21(27)22(28)13-20/h4-8,11,13,19,31H,1-3,9-10,12,14-16H2,(H,29,32)(H,30,33). The molecule has 1 fully saturated rings. The quantitative estimate of drug-likeness (QED) is 0.428. The Labute approximate surface area is 208 Å². The minimum absolute atomic E-state index is 0.0245. The molecule has 6 nitrogen and oxygen atoms in total. The minimum Gasteiger partial charge on any atom is -0.484 e. The maximum absolute atomic E-state index is 13.6. The van der Waals surface area contributed by atoms with Crippen molar-refractivity contribution in [2.45, 2.75) is 63.1 Å². The zero-order valence-electron chi connectivity index (χ0n) is 18.8. The zero-order chi connectivity index (χ0) is 24.6. The van der Waals surface area contributed by atoms with Crippen LogP contribution in [0, 0.1) is 5.82 Å². The van der Waals surface area contributed by atoms with Crippen molar-refractivity contribution in [3.05, 3.63) is 63.9 Å². The number of rotatable bonds is 10. The van der Waals surface area contributed by atoms with Gasteiger partial charge >= 0.3 is 0 Å². The van der Waals surface area contributed by atoms with Crippen molar-refractivity contribution in [1.29, 1.82) is 0 Å². The Morgan fingerprint density at radius 1 is 1.09 bits per heavy atom. The first-order valence-electron chi connectivity index (χ1n) is 11.3. The molecule has 1 unspecified atom stereocenters. The summed E-state index contributed by atoms with van der Waals surface area (Å²) in [7, 11) is 0. The topological polar surface area (TPSA) is 87.7 Å². The summed E-state index contributed by atoms with van der Waals surface area (Å²) in [4.78, 5) is 24.9. The molecular formula is C25H29Cl2FN2O4. The third-order valence-electron chi connectivity index (χ3n) is 5.90. The Morgan fingerprint density at radius 2 is 1.85 bits per heavy atom. The van der Waals surface area contributed by atoms with Crippen LogP contribution in [0.3, 0.4) is 0 Å². The molecule has 3 N–H and O–H groups in total. The first kappa shape index (κ1) is 26.3. The molecule has 2 amide bonds. The van der Waals surface area contributed by atoms with E-state index < -0.39 is 17.5 Å². The van der Waals surface area contributed by atoms with E-state index in [2.05, 4.69) is 10.6 Å². The first-order chi connectivity index (χ1) is 16.2. The summed E-state index contributed by atoms with van der Waals surface area (Å²) in [6.07, 6.45) is 3.56. The lowest BCUT2D eigenvalue weighted by molar-refractivity contribution is -0.126. The van der Waals surface area contributed by atoms with Crippen LogP contribution in [0.25, 0.3) is 0 Å². The number of aliphatic hydroxyl groups is 1. The lowest BCUT2D eigenvalue weighted by Crippen LogP contribution is -2.53. The fourth-order valence-corrected chi connectivity index (χ4v) is 4.64. The highest BCUT2D eigenvalue weighted by Crippen LogP contribution is 2.33. The number of hydrogen-bond donors (Lipinski definition) is 3. The molecule has 2 aromatic carbocycles. The molecule has 2 aromatic rings. The van der Waals surface area contributed by atoms with Gasteiger partial charge in [-0.05, 0) is 49.1 Å². The van der Waals surface area contributed by atoms with Crippen molar-refractivity contribution in [3.63, 3.8) is 0 Å². The molecule has 0 spiro atoms. The van der Waals surface area contributed by atoms with Crippen molar-refractivity contribution >= 4 is 35.0 Å². The number of carbonyl (C=O) groups is 2. The second-order valence-electron chi connectivity index (χ2n) is 8.72. The number of ether oxygens (including phenoxy) is 1. The Morgan fingerprint density at radius 3 is 2.56 bits per heavy atom. The molecule has 184 valence electrons. The summed E-state index contributed by atoms with van der Waals surface area (Å²) >= 11 is 11.6. The highest BCUT2D eigenvalue weighted by Gasteiger charge is 2.36. The SMILES string of the molecule is O=C(CC(O)CC1(NC(=O)COc2ccc(Cl)c(F)c2)CCCCC1)NCc1cccc(Cl)c1. The van der Waals surface area contributed by atoms with Crippen molar-refractivity contribution < 1.29 is 23.8 Å². The highest BCUT2D eigenvalue weighted by molar-refractivity contribution is 6.31. The van der Waals surface area contributed by atoms with Gasteiger partial charge in [0, 0.05) is 23.2 Å². The Bertz CT molecular complexity index is 999. The van der Waals surface area contributed by atoms with Gasteiger partial charge in [0.2, 0.25) is 5.91 Å². The molecule has 0 aliphatic heterocycles. The number of nitrogens with one attached hydrogen (secondary N) is 2. The fourth-order valence-electron chi connectivity index (χ4n) is 4.31. The molecule has 1 aliphatic rings. The van der Waals surface area contributed by atoms with Crippen LogP contribution in [-0.2, 0) is 16.1 Å². The zero-order valence-corrected chi connectivity index (χ0v) is 20.3. The number of hydrogen-bond acceptors (Lipinski definition) is 4. The van der Waals surface area contributed by atoms with E-state index in [1.165, 1.54) is 12.1 Å². The molecule has 9 heteroatoms. The predicted octanol–water partition coefficient (Wildman–Crippen LogP) is 4.79.